The summed E-state index contributed by atoms with van der Waals surface area (Å²) in [5.74, 6) is -0.542. The average molecular weight is 391 g/mol. The lowest BCUT2D eigenvalue weighted by atomic mass is 10.1. The highest BCUT2D eigenvalue weighted by molar-refractivity contribution is 7.92. The molecule has 8 nitrogen and oxygen atoms in total. The van der Waals surface area contributed by atoms with Gasteiger partial charge in [0.05, 0.1) is 16.9 Å². The van der Waals surface area contributed by atoms with Gasteiger partial charge in [-0.2, -0.15) is 0 Å². The number of carbonyl (C=O) groups is 1. The van der Waals surface area contributed by atoms with Gasteiger partial charge in [-0.15, -0.1) is 0 Å². The van der Waals surface area contributed by atoms with Crippen LogP contribution in [-0.4, -0.2) is 32.0 Å². The van der Waals surface area contributed by atoms with Crippen molar-refractivity contribution in [2.45, 2.75) is 20.8 Å². The highest BCUT2D eigenvalue weighted by Gasteiger charge is 2.24. The molecule has 2 rings (SSSR count). The van der Waals surface area contributed by atoms with E-state index in [2.05, 4.69) is 5.32 Å². The maximum atomic E-state index is 12.5. The van der Waals surface area contributed by atoms with Gasteiger partial charge in [-0.3, -0.25) is 19.2 Å². The Hall–Kier alpha value is -2.94. The number of non-ortho nitro benzene ring substituents is 1. The number of benzene rings is 2. The van der Waals surface area contributed by atoms with Crippen LogP contribution in [0.3, 0.4) is 0 Å². The van der Waals surface area contributed by atoms with E-state index in [4.69, 9.17) is 0 Å². The lowest BCUT2D eigenvalue weighted by molar-refractivity contribution is -0.384. The van der Waals surface area contributed by atoms with E-state index in [0.717, 1.165) is 27.8 Å². The Morgan fingerprint density at radius 3 is 2.41 bits per heavy atom. The number of nitrogens with zero attached hydrogens (tertiary/aromatic N) is 2. The predicted molar refractivity (Wildman–Crippen MR) is 105 cm³/mol. The van der Waals surface area contributed by atoms with Crippen molar-refractivity contribution in [3.63, 3.8) is 0 Å². The number of amides is 1. The molecule has 0 aliphatic rings. The Labute approximate surface area is 158 Å². The number of carbonyl (C=O) groups excluding carboxylic acids is 1. The van der Waals surface area contributed by atoms with Crippen LogP contribution in [0, 0.1) is 30.9 Å². The van der Waals surface area contributed by atoms with E-state index in [1.165, 1.54) is 12.1 Å². The molecule has 0 saturated heterocycles. The van der Waals surface area contributed by atoms with Gasteiger partial charge in [0.15, 0.2) is 0 Å². The maximum Gasteiger partial charge on any atom is 0.271 e. The van der Waals surface area contributed by atoms with E-state index < -0.39 is 27.4 Å². The van der Waals surface area contributed by atoms with Gasteiger partial charge in [-0.05, 0) is 43.5 Å². The van der Waals surface area contributed by atoms with Gasteiger partial charge < -0.3 is 5.32 Å². The van der Waals surface area contributed by atoms with Crippen LogP contribution in [0.5, 0.6) is 0 Å². The molecule has 0 radical (unpaired) electrons. The summed E-state index contributed by atoms with van der Waals surface area (Å²) < 4.78 is 25.4. The summed E-state index contributed by atoms with van der Waals surface area (Å²) in [6.07, 6.45) is 0.955. The Balaban J connectivity index is 2.36. The SMILES string of the molecule is Cc1ccc([N+](=O)[O-])cc1N(CC(=O)Nc1cccc(C)c1C)S(C)(=O)=O. The zero-order valence-electron chi connectivity index (χ0n) is 15.5. The smallest absolute Gasteiger partial charge is 0.271 e. The molecule has 2 aromatic carbocycles. The van der Waals surface area contributed by atoms with Crippen LogP contribution >= 0.6 is 0 Å². The largest absolute Gasteiger partial charge is 0.324 e. The van der Waals surface area contributed by atoms with E-state index in [9.17, 15) is 23.3 Å². The molecule has 2 aromatic rings. The summed E-state index contributed by atoms with van der Waals surface area (Å²) in [6.45, 7) is 4.89. The summed E-state index contributed by atoms with van der Waals surface area (Å²) in [7, 11) is -3.84. The Bertz CT molecular complexity index is 1000. The molecule has 0 unspecified atom stereocenters. The molecule has 9 heteroatoms. The van der Waals surface area contributed by atoms with Gasteiger partial charge in [0.25, 0.3) is 5.69 Å². The number of anilines is 2. The van der Waals surface area contributed by atoms with E-state index in [0.29, 0.717) is 11.3 Å². The third kappa shape index (κ3) is 4.82. The summed E-state index contributed by atoms with van der Waals surface area (Å²) in [4.78, 5) is 22.9. The number of nitro groups is 1. The number of sulfonamides is 1. The summed E-state index contributed by atoms with van der Waals surface area (Å²) in [6, 6.07) is 9.31. The fourth-order valence-corrected chi connectivity index (χ4v) is 3.47. The van der Waals surface area contributed by atoms with E-state index in [1.54, 1.807) is 19.1 Å². The molecule has 0 fully saturated rings. The molecule has 0 aliphatic heterocycles. The fraction of sp³-hybridized carbons (Fsp3) is 0.278. The Morgan fingerprint density at radius 2 is 1.81 bits per heavy atom. The molecule has 0 aromatic heterocycles. The number of rotatable bonds is 6. The fourth-order valence-electron chi connectivity index (χ4n) is 2.57. The highest BCUT2D eigenvalue weighted by Crippen LogP contribution is 2.27. The lowest BCUT2D eigenvalue weighted by Gasteiger charge is -2.23. The normalized spacial score (nSPS) is 11.1. The molecule has 0 bridgehead atoms. The zero-order valence-corrected chi connectivity index (χ0v) is 16.3. The third-order valence-electron chi connectivity index (χ3n) is 4.24. The first-order chi connectivity index (χ1) is 12.5. The number of nitro benzene ring substituents is 1. The summed E-state index contributed by atoms with van der Waals surface area (Å²) >= 11 is 0. The van der Waals surface area contributed by atoms with Crippen molar-refractivity contribution in [3.8, 4) is 0 Å². The molecule has 0 saturated carbocycles. The first kappa shape index (κ1) is 20.4. The number of hydrogen-bond acceptors (Lipinski definition) is 5. The predicted octanol–water partition coefficient (Wildman–Crippen LogP) is 2.92. The van der Waals surface area contributed by atoms with E-state index >= 15 is 0 Å². The van der Waals surface area contributed by atoms with Gasteiger partial charge in [0.1, 0.15) is 6.54 Å². The van der Waals surface area contributed by atoms with Crippen LogP contribution in [0.1, 0.15) is 16.7 Å². The summed E-state index contributed by atoms with van der Waals surface area (Å²) in [5, 5.41) is 13.7. The van der Waals surface area contributed by atoms with Crippen molar-refractivity contribution >= 4 is 33.0 Å². The first-order valence-electron chi connectivity index (χ1n) is 8.09. The maximum absolute atomic E-state index is 12.5. The molecular formula is C18H21N3O5S. The molecule has 0 atom stereocenters. The lowest BCUT2D eigenvalue weighted by Crippen LogP contribution is -2.38. The quantitative estimate of drug-likeness (QED) is 0.601. The minimum atomic E-state index is -3.84. The molecule has 1 amide bonds. The minimum absolute atomic E-state index is 0.0998. The van der Waals surface area contributed by atoms with Gasteiger partial charge in [-0.1, -0.05) is 18.2 Å². The second-order valence-corrected chi connectivity index (χ2v) is 8.20. The van der Waals surface area contributed by atoms with Crippen LogP contribution in [0.2, 0.25) is 0 Å². The van der Waals surface area contributed by atoms with E-state index in [-0.39, 0.29) is 11.4 Å². The van der Waals surface area contributed by atoms with Crippen LogP contribution in [0.15, 0.2) is 36.4 Å². The van der Waals surface area contributed by atoms with Crippen molar-refractivity contribution in [1.29, 1.82) is 0 Å². The van der Waals surface area contributed by atoms with Crippen LogP contribution in [0.4, 0.5) is 17.1 Å². The molecule has 0 heterocycles. The zero-order chi connectivity index (χ0) is 20.4. The van der Waals surface area contributed by atoms with Gasteiger partial charge in [-0.25, -0.2) is 8.42 Å². The monoisotopic (exact) mass is 391 g/mol. The van der Waals surface area contributed by atoms with Gasteiger partial charge in [0, 0.05) is 17.8 Å². The third-order valence-corrected chi connectivity index (χ3v) is 5.36. The standard InChI is InChI=1S/C18H21N3O5S/c1-12-6-5-7-16(14(12)3)19-18(22)11-20(27(4,25)26)17-10-15(21(23)24)9-8-13(17)2/h5-10H,11H2,1-4H3,(H,19,22). The van der Waals surface area contributed by atoms with Crippen molar-refractivity contribution in [2.75, 3.05) is 22.4 Å². The van der Waals surface area contributed by atoms with Crippen molar-refractivity contribution < 1.29 is 18.1 Å². The molecule has 0 aliphatic carbocycles. The Kier molecular flexibility index (Phi) is 5.85. The second kappa shape index (κ2) is 7.75. The van der Waals surface area contributed by atoms with Crippen LogP contribution in [-0.2, 0) is 14.8 Å². The average Bonchev–Trinajstić information content (AvgIpc) is 2.56. The second-order valence-electron chi connectivity index (χ2n) is 6.29. The molecule has 1 N–H and O–H groups in total. The molecular weight excluding hydrogens is 370 g/mol. The van der Waals surface area contributed by atoms with Crippen molar-refractivity contribution in [1.82, 2.24) is 0 Å². The van der Waals surface area contributed by atoms with Gasteiger partial charge >= 0.3 is 0 Å². The minimum Gasteiger partial charge on any atom is -0.324 e. The van der Waals surface area contributed by atoms with Gasteiger partial charge in [0.2, 0.25) is 15.9 Å². The molecule has 27 heavy (non-hydrogen) atoms. The molecule has 144 valence electrons. The van der Waals surface area contributed by atoms with Crippen molar-refractivity contribution in [2.24, 2.45) is 0 Å². The highest BCUT2D eigenvalue weighted by atomic mass is 32.2. The van der Waals surface area contributed by atoms with Crippen molar-refractivity contribution in [3.05, 3.63) is 63.2 Å². The number of aryl methyl sites for hydroxylation is 2. The van der Waals surface area contributed by atoms with Crippen LogP contribution < -0.4 is 9.62 Å². The van der Waals surface area contributed by atoms with E-state index in [1.807, 2.05) is 19.9 Å². The molecule has 0 spiro atoms. The van der Waals surface area contributed by atoms with Crippen LogP contribution in [0.25, 0.3) is 0 Å². The first-order valence-corrected chi connectivity index (χ1v) is 9.94. The Morgan fingerprint density at radius 1 is 1.15 bits per heavy atom. The summed E-state index contributed by atoms with van der Waals surface area (Å²) in [5.41, 5.74) is 2.81. The number of hydrogen-bond donors (Lipinski definition) is 1. The number of nitrogens with one attached hydrogen (secondary N) is 1. The topological polar surface area (TPSA) is 110 Å².